The molecule has 2 rings (SSSR count). The first-order valence-electron chi connectivity index (χ1n) is 7.50. The standard InChI is InChI=1S/C17H26N2O/c1-17(2,3)16(20)19-10-8-14(9-11-19)12-13-4-6-15(18)7-5-13/h4-7,14H,8-12,18H2,1-3H3. The van der Waals surface area contributed by atoms with E-state index in [-0.39, 0.29) is 11.3 Å². The van der Waals surface area contributed by atoms with Crippen LogP contribution in [0, 0.1) is 11.3 Å². The van der Waals surface area contributed by atoms with Gasteiger partial charge in [0.15, 0.2) is 0 Å². The van der Waals surface area contributed by atoms with Gasteiger partial charge in [-0.3, -0.25) is 4.79 Å². The highest BCUT2D eigenvalue weighted by Crippen LogP contribution is 2.25. The zero-order valence-electron chi connectivity index (χ0n) is 12.9. The monoisotopic (exact) mass is 274 g/mol. The van der Waals surface area contributed by atoms with Gasteiger partial charge in [-0.1, -0.05) is 32.9 Å². The summed E-state index contributed by atoms with van der Waals surface area (Å²) in [5.74, 6) is 0.964. The lowest BCUT2D eigenvalue weighted by atomic mass is 9.88. The number of anilines is 1. The predicted molar refractivity (Wildman–Crippen MR) is 83.3 cm³/mol. The largest absolute Gasteiger partial charge is 0.399 e. The van der Waals surface area contributed by atoms with Gasteiger partial charge in [-0.15, -0.1) is 0 Å². The Labute approximate surface area is 122 Å². The molecule has 0 saturated carbocycles. The third-order valence-corrected chi connectivity index (χ3v) is 4.05. The quantitative estimate of drug-likeness (QED) is 0.842. The lowest BCUT2D eigenvalue weighted by molar-refractivity contribution is -0.140. The number of rotatable bonds is 2. The maximum absolute atomic E-state index is 12.2. The number of carbonyl (C=O) groups is 1. The fourth-order valence-electron chi connectivity index (χ4n) is 2.80. The normalized spacial score (nSPS) is 17.2. The fourth-order valence-corrected chi connectivity index (χ4v) is 2.80. The minimum absolute atomic E-state index is 0.260. The highest BCUT2D eigenvalue weighted by atomic mass is 16.2. The van der Waals surface area contributed by atoms with E-state index >= 15 is 0 Å². The minimum atomic E-state index is -0.260. The molecule has 1 saturated heterocycles. The summed E-state index contributed by atoms with van der Waals surface area (Å²) in [6.45, 7) is 7.78. The van der Waals surface area contributed by atoms with Crippen LogP contribution in [-0.4, -0.2) is 23.9 Å². The van der Waals surface area contributed by atoms with E-state index in [9.17, 15) is 4.79 Å². The summed E-state index contributed by atoms with van der Waals surface area (Å²) in [5.41, 5.74) is 7.61. The van der Waals surface area contributed by atoms with Crippen molar-refractivity contribution in [2.75, 3.05) is 18.8 Å². The van der Waals surface area contributed by atoms with Crippen molar-refractivity contribution in [3.05, 3.63) is 29.8 Å². The Hall–Kier alpha value is -1.51. The molecule has 1 aromatic carbocycles. The molecule has 0 atom stereocenters. The van der Waals surface area contributed by atoms with Crippen LogP contribution < -0.4 is 5.73 Å². The summed E-state index contributed by atoms with van der Waals surface area (Å²) in [4.78, 5) is 14.3. The lowest BCUT2D eigenvalue weighted by Crippen LogP contribution is -2.44. The average Bonchev–Trinajstić information content (AvgIpc) is 2.40. The second-order valence-corrected chi connectivity index (χ2v) is 6.93. The molecule has 1 aromatic rings. The SMILES string of the molecule is CC(C)(C)C(=O)N1CCC(Cc2ccc(N)cc2)CC1. The summed E-state index contributed by atoms with van der Waals surface area (Å²) in [6, 6.07) is 8.16. The third-order valence-electron chi connectivity index (χ3n) is 4.05. The predicted octanol–water partition coefficient (Wildman–Crippen LogP) is 3.10. The Morgan fingerprint density at radius 2 is 1.75 bits per heavy atom. The van der Waals surface area contributed by atoms with E-state index in [0.29, 0.717) is 5.92 Å². The van der Waals surface area contributed by atoms with Crippen LogP contribution in [0.15, 0.2) is 24.3 Å². The summed E-state index contributed by atoms with van der Waals surface area (Å²) < 4.78 is 0. The molecule has 0 aromatic heterocycles. The number of hydrogen-bond donors (Lipinski definition) is 1. The van der Waals surface area contributed by atoms with Gasteiger partial charge in [0.2, 0.25) is 5.91 Å². The smallest absolute Gasteiger partial charge is 0.227 e. The van der Waals surface area contributed by atoms with Crippen LogP contribution in [0.5, 0.6) is 0 Å². The number of nitrogens with zero attached hydrogens (tertiary/aromatic N) is 1. The zero-order valence-corrected chi connectivity index (χ0v) is 12.9. The number of benzene rings is 1. The average molecular weight is 274 g/mol. The van der Waals surface area contributed by atoms with Crippen LogP contribution in [0.3, 0.4) is 0 Å². The van der Waals surface area contributed by atoms with E-state index in [4.69, 9.17) is 5.73 Å². The molecule has 3 heteroatoms. The van der Waals surface area contributed by atoms with Crippen molar-refractivity contribution in [1.82, 2.24) is 4.90 Å². The summed E-state index contributed by atoms with van der Waals surface area (Å²) in [6.07, 6.45) is 3.30. The maximum Gasteiger partial charge on any atom is 0.227 e. The molecule has 1 heterocycles. The van der Waals surface area contributed by atoms with Crippen molar-refractivity contribution >= 4 is 11.6 Å². The molecule has 1 fully saturated rings. The van der Waals surface area contributed by atoms with Gasteiger partial charge in [-0.2, -0.15) is 0 Å². The number of carbonyl (C=O) groups excluding carboxylic acids is 1. The first-order valence-corrected chi connectivity index (χ1v) is 7.50. The summed E-state index contributed by atoms with van der Waals surface area (Å²) in [5, 5.41) is 0. The Kier molecular flexibility index (Phi) is 4.36. The Morgan fingerprint density at radius 1 is 1.20 bits per heavy atom. The summed E-state index contributed by atoms with van der Waals surface area (Å²) >= 11 is 0. The molecule has 3 nitrogen and oxygen atoms in total. The lowest BCUT2D eigenvalue weighted by Gasteiger charge is -2.35. The van der Waals surface area contributed by atoms with Crippen molar-refractivity contribution in [3.63, 3.8) is 0 Å². The number of amides is 1. The minimum Gasteiger partial charge on any atom is -0.399 e. The van der Waals surface area contributed by atoms with Gasteiger partial charge in [-0.05, 0) is 42.9 Å². The first-order chi connectivity index (χ1) is 9.36. The fraction of sp³-hybridized carbons (Fsp3) is 0.588. The van der Waals surface area contributed by atoms with Crippen LogP contribution in [0.25, 0.3) is 0 Å². The number of nitrogens with two attached hydrogens (primary N) is 1. The van der Waals surface area contributed by atoms with Crippen LogP contribution in [-0.2, 0) is 11.2 Å². The zero-order chi connectivity index (χ0) is 14.8. The molecule has 0 bridgehead atoms. The van der Waals surface area contributed by atoms with E-state index in [2.05, 4.69) is 12.1 Å². The van der Waals surface area contributed by atoms with Crippen LogP contribution in [0.2, 0.25) is 0 Å². The molecule has 1 amide bonds. The molecule has 1 aliphatic rings. The van der Waals surface area contributed by atoms with E-state index in [0.717, 1.165) is 38.0 Å². The first kappa shape index (κ1) is 14.9. The molecule has 0 aliphatic carbocycles. The Morgan fingerprint density at radius 3 is 2.25 bits per heavy atom. The van der Waals surface area contributed by atoms with Gasteiger partial charge < -0.3 is 10.6 Å². The molecular formula is C17H26N2O. The van der Waals surface area contributed by atoms with E-state index < -0.39 is 0 Å². The molecule has 1 aliphatic heterocycles. The van der Waals surface area contributed by atoms with Crippen molar-refractivity contribution in [3.8, 4) is 0 Å². The third kappa shape index (κ3) is 3.75. The van der Waals surface area contributed by atoms with Crippen LogP contribution in [0.4, 0.5) is 5.69 Å². The summed E-state index contributed by atoms with van der Waals surface area (Å²) in [7, 11) is 0. The number of piperidine rings is 1. The second-order valence-electron chi connectivity index (χ2n) is 6.93. The molecular weight excluding hydrogens is 248 g/mol. The van der Waals surface area contributed by atoms with Crippen molar-refractivity contribution in [1.29, 1.82) is 0 Å². The van der Waals surface area contributed by atoms with Crippen molar-refractivity contribution < 1.29 is 4.79 Å². The molecule has 110 valence electrons. The molecule has 2 N–H and O–H groups in total. The van der Waals surface area contributed by atoms with E-state index in [1.165, 1.54) is 5.56 Å². The number of nitrogen functional groups attached to an aromatic ring is 1. The Balaban J connectivity index is 1.85. The topological polar surface area (TPSA) is 46.3 Å². The van der Waals surface area contributed by atoms with Gasteiger partial charge in [0, 0.05) is 24.2 Å². The van der Waals surface area contributed by atoms with Crippen molar-refractivity contribution in [2.45, 2.75) is 40.0 Å². The van der Waals surface area contributed by atoms with Gasteiger partial charge in [-0.25, -0.2) is 0 Å². The van der Waals surface area contributed by atoms with Gasteiger partial charge in [0.05, 0.1) is 0 Å². The van der Waals surface area contributed by atoms with E-state index in [1.807, 2.05) is 37.8 Å². The maximum atomic E-state index is 12.2. The van der Waals surface area contributed by atoms with Crippen molar-refractivity contribution in [2.24, 2.45) is 11.3 Å². The Bertz CT molecular complexity index is 451. The molecule has 20 heavy (non-hydrogen) atoms. The highest BCUT2D eigenvalue weighted by molar-refractivity contribution is 5.81. The van der Waals surface area contributed by atoms with Crippen LogP contribution >= 0.6 is 0 Å². The number of hydrogen-bond acceptors (Lipinski definition) is 2. The van der Waals surface area contributed by atoms with Gasteiger partial charge >= 0.3 is 0 Å². The molecule has 0 unspecified atom stereocenters. The number of likely N-dealkylation sites (tertiary alicyclic amines) is 1. The van der Waals surface area contributed by atoms with Gasteiger partial charge in [0.25, 0.3) is 0 Å². The van der Waals surface area contributed by atoms with Crippen LogP contribution in [0.1, 0.15) is 39.2 Å². The highest BCUT2D eigenvalue weighted by Gasteiger charge is 2.30. The molecule has 0 spiro atoms. The van der Waals surface area contributed by atoms with E-state index in [1.54, 1.807) is 0 Å². The second kappa shape index (κ2) is 5.86. The van der Waals surface area contributed by atoms with Gasteiger partial charge in [0.1, 0.15) is 0 Å². The molecule has 0 radical (unpaired) electrons.